The van der Waals surface area contributed by atoms with E-state index in [2.05, 4.69) is 5.10 Å². The molecule has 0 radical (unpaired) electrons. The molecule has 4 aromatic rings. The summed E-state index contributed by atoms with van der Waals surface area (Å²) in [4.78, 5) is 24.2. The number of para-hydroxylation sites is 2. The minimum atomic E-state index is -0.864. The highest BCUT2D eigenvalue weighted by molar-refractivity contribution is 6.01. The second-order valence-electron chi connectivity index (χ2n) is 6.23. The van der Waals surface area contributed by atoms with E-state index in [-0.39, 0.29) is 16.8 Å². The summed E-state index contributed by atoms with van der Waals surface area (Å²) in [6.07, 6.45) is 2.94. The van der Waals surface area contributed by atoms with Crippen molar-refractivity contribution in [1.82, 2.24) is 9.78 Å². The molecule has 140 valence electrons. The van der Waals surface area contributed by atoms with Crippen LogP contribution in [-0.2, 0) is 4.79 Å². The Hall–Kier alpha value is -4.44. The van der Waals surface area contributed by atoms with Crippen molar-refractivity contribution in [2.24, 2.45) is 5.73 Å². The van der Waals surface area contributed by atoms with Gasteiger partial charge in [0.1, 0.15) is 22.9 Å². The first-order valence-electron chi connectivity index (χ1n) is 8.67. The molecule has 7 nitrogen and oxygen atoms in total. The molecule has 4 rings (SSSR count). The number of benzene rings is 2. The van der Waals surface area contributed by atoms with E-state index in [0.29, 0.717) is 11.1 Å². The monoisotopic (exact) mass is 382 g/mol. The van der Waals surface area contributed by atoms with Gasteiger partial charge in [-0.05, 0) is 30.3 Å². The topological polar surface area (TPSA) is 115 Å². The molecule has 0 aliphatic carbocycles. The van der Waals surface area contributed by atoms with Gasteiger partial charge in [-0.3, -0.25) is 4.79 Å². The van der Waals surface area contributed by atoms with Crippen molar-refractivity contribution in [3.8, 4) is 23.0 Å². The molecule has 7 heteroatoms. The molecule has 2 N–H and O–H groups in total. The lowest BCUT2D eigenvalue weighted by Crippen LogP contribution is -2.12. The van der Waals surface area contributed by atoms with Crippen LogP contribution in [0.5, 0.6) is 0 Å². The average molecular weight is 382 g/mol. The maximum atomic E-state index is 12.6. The third-order valence-electron chi connectivity index (χ3n) is 4.35. The fourth-order valence-corrected chi connectivity index (χ4v) is 2.96. The van der Waals surface area contributed by atoms with E-state index >= 15 is 0 Å². The Balaban J connectivity index is 1.98. The third kappa shape index (κ3) is 3.42. The minimum absolute atomic E-state index is 0.214. The zero-order chi connectivity index (χ0) is 20.4. The molecule has 0 spiro atoms. The molecule has 1 amide bonds. The molecule has 2 aromatic heterocycles. The highest BCUT2D eigenvalue weighted by Gasteiger charge is 2.17. The highest BCUT2D eigenvalue weighted by atomic mass is 16.4. The molecule has 0 fully saturated rings. The van der Waals surface area contributed by atoms with E-state index in [1.807, 2.05) is 42.5 Å². The molecule has 0 saturated heterocycles. The number of fused-ring (bicyclic) bond motifs is 1. The van der Waals surface area contributed by atoms with Gasteiger partial charge in [0.2, 0.25) is 0 Å². The van der Waals surface area contributed by atoms with Crippen molar-refractivity contribution in [2.45, 2.75) is 0 Å². The van der Waals surface area contributed by atoms with Gasteiger partial charge in [0.05, 0.1) is 11.3 Å². The molecule has 29 heavy (non-hydrogen) atoms. The number of rotatable bonds is 4. The van der Waals surface area contributed by atoms with Crippen LogP contribution in [0.1, 0.15) is 5.56 Å². The summed E-state index contributed by atoms with van der Waals surface area (Å²) in [6, 6.07) is 19.8. The summed E-state index contributed by atoms with van der Waals surface area (Å²) < 4.78 is 6.98. The number of hydrogen-bond donors (Lipinski definition) is 1. The minimum Gasteiger partial charge on any atom is -0.422 e. The fraction of sp³-hybridized carbons (Fsp3) is 0. The lowest BCUT2D eigenvalue weighted by atomic mass is 10.1. The van der Waals surface area contributed by atoms with Crippen LogP contribution in [0, 0.1) is 11.3 Å². The summed E-state index contributed by atoms with van der Waals surface area (Å²) >= 11 is 0. The van der Waals surface area contributed by atoms with Crippen molar-refractivity contribution in [3.63, 3.8) is 0 Å². The first-order valence-corrected chi connectivity index (χ1v) is 8.67. The Bertz CT molecular complexity index is 1360. The van der Waals surface area contributed by atoms with Crippen LogP contribution < -0.4 is 11.4 Å². The molecule has 0 bridgehead atoms. The zero-order valence-corrected chi connectivity index (χ0v) is 15.1. The number of nitriles is 1. The van der Waals surface area contributed by atoms with Gasteiger partial charge in [-0.2, -0.15) is 10.4 Å². The molecule has 0 atom stereocenters. The quantitative estimate of drug-likeness (QED) is 0.331. The maximum Gasteiger partial charge on any atom is 0.345 e. The van der Waals surface area contributed by atoms with E-state index < -0.39 is 11.5 Å². The Kier molecular flexibility index (Phi) is 4.51. The zero-order valence-electron chi connectivity index (χ0n) is 15.1. The number of primary amides is 1. The van der Waals surface area contributed by atoms with Crippen LogP contribution >= 0.6 is 0 Å². The summed E-state index contributed by atoms with van der Waals surface area (Å²) in [5, 5.41) is 14.5. The van der Waals surface area contributed by atoms with Gasteiger partial charge in [0, 0.05) is 17.1 Å². The van der Waals surface area contributed by atoms with Crippen LogP contribution in [0.25, 0.3) is 34.0 Å². The van der Waals surface area contributed by atoms with E-state index in [0.717, 1.165) is 11.1 Å². The molecular weight excluding hydrogens is 368 g/mol. The van der Waals surface area contributed by atoms with Crippen LogP contribution in [0.2, 0.25) is 0 Å². The van der Waals surface area contributed by atoms with Crippen LogP contribution in [0.3, 0.4) is 0 Å². The molecule has 0 aliphatic rings. The van der Waals surface area contributed by atoms with Gasteiger partial charge < -0.3 is 10.2 Å². The van der Waals surface area contributed by atoms with Gasteiger partial charge in [-0.15, -0.1) is 0 Å². The predicted molar refractivity (Wildman–Crippen MR) is 108 cm³/mol. The summed E-state index contributed by atoms with van der Waals surface area (Å²) in [6.45, 7) is 0. The largest absolute Gasteiger partial charge is 0.422 e. The highest BCUT2D eigenvalue weighted by Crippen LogP contribution is 2.26. The molecule has 0 saturated carbocycles. The van der Waals surface area contributed by atoms with Crippen molar-refractivity contribution in [3.05, 3.63) is 88.4 Å². The van der Waals surface area contributed by atoms with E-state index in [4.69, 9.17) is 10.2 Å². The fourth-order valence-electron chi connectivity index (χ4n) is 2.96. The molecular formula is C22H14N4O3. The Labute approximate surface area is 164 Å². The SMILES string of the molecule is N#C/C(=C\c1cn(-c2ccccc2)nc1-c1cc2ccccc2oc1=O)C(N)=O. The number of nitrogens with two attached hydrogens (primary N) is 1. The van der Waals surface area contributed by atoms with Gasteiger partial charge in [0.25, 0.3) is 5.91 Å². The van der Waals surface area contributed by atoms with Crippen LogP contribution in [0.15, 0.2) is 81.6 Å². The Morgan fingerprint density at radius 2 is 1.86 bits per heavy atom. The smallest absolute Gasteiger partial charge is 0.345 e. The second kappa shape index (κ2) is 7.29. The van der Waals surface area contributed by atoms with E-state index in [9.17, 15) is 14.9 Å². The predicted octanol–water partition coefficient (Wildman–Crippen LogP) is 3.04. The van der Waals surface area contributed by atoms with Gasteiger partial charge >= 0.3 is 5.63 Å². The Morgan fingerprint density at radius 1 is 1.14 bits per heavy atom. The summed E-state index contributed by atoms with van der Waals surface area (Å²) in [5.74, 6) is -0.864. The summed E-state index contributed by atoms with van der Waals surface area (Å²) in [7, 11) is 0. The lowest BCUT2D eigenvalue weighted by Gasteiger charge is -2.02. The first kappa shape index (κ1) is 17.9. The van der Waals surface area contributed by atoms with E-state index in [1.165, 1.54) is 6.08 Å². The number of carbonyl (C=O) groups excluding carboxylic acids is 1. The molecule has 0 aliphatic heterocycles. The third-order valence-corrected chi connectivity index (χ3v) is 4.35. The first-order chi connectivity index (χ1) is 14.1. The van der Waals surface area contributed by atoms with Crippen molar-refractivity contribution >= 4 is 23.0 Å². The average Bonchev–Trinajstić information content (AvgIpc) is 3.15. The van der Waals surface area contributed by atoms with E-state index in [1.54, 1.807) is 35.1 Å². The standard InChI is InChI=1S/C22H14N4O3/c23-12-15(21(24)27)10-16-13-26(17-7-2-1-3-8-17)25-20(16)18-11-14-6-4-5-9-19(14)29-22(18)28/h1-11,13H,(H2,24,27)/b15-10+. The number of hydrogen-bond acceptors (Lipinski definition) is 5. The van der Waals surface area contributed by atoms with Gasteiger partial charge in [-0.25, -0.2) is 9.48 Å². The van der Waals surface area contributed by atoms with Crippen molar-refractivity contribution < 1.29 is 9.21 Å². The summed E-state index contributed by atoms with van der Waals surface area (Å²) in [5.41, 5.74) is 6.54. The number of aromatic nitrogens is 2. The molecule has 2 aromatic carbocycles. The maximum absolute atomic E-state index is 12.6. The van der Waals surface area contributed by atoms with Crippen molar-refractivity contribution in [2.75, 3.05) is 0 Å². The number of nitrogens with zero attached hydrogens (tertiary/aromatic N) is 3. The van der Waals surface area contributed by atoms with Gasteiger partial charge in [0.15, 0.2) is 0 Å². The number of carbonyl (C=O) groups is 1. The number of amides is 1. The Morgan fingerprint density at radius 3 is 2.59 bits per heavy atom. The molecule has 0 unspecified atom stereocenters. The van der Waals surface area contributed by atoms with Crippen LogP contribution in [-0.4, -0.2) is 15.7 Å². The van der Waals surface area contributed by atoms with Crippen molar-refractivity contribution in [1.29, 1.82) is 5.26 Å². The van der Waals surface area contributed by atoms with Gasteiger partial charge in [-0.1, -0.05) is 36.4 Å². The van der Waals surface area contributed by atoms with Crippen LogP contribution in [0.4, 0.5) is 0 Å². The lowest BCUT2D eigenvalue weighted by molar-refractivity contribution is -0.114. The normalized spacial score (nSPS) is 11.3. The second-order valence-corrected chi connectivity index (χ2v) is 6.23. The molecule has 2 heterocycles.